The van der Waals surface area contributed by atoms with Gasteiger partial charge in [-0.25, -0.2) is 8.42 Å². The minimum atomic E-state index is -3.32. The molecule has 0 spiro atoms. The Kier molecular flexibility index (Phi) is 5.13. The molecule has 1 rings (SSSR count). The fourth-order valence-electron chi connectivity index (χ4n) is 1.31. The number of carbonyl (C=O) groups excluding carboxylic acids is 1. The molecule has 0 saturated carbocycles. The minimum Gasteiger partial charge on any atom is -0.330 e. The number of rotatable bonds is 5. The van der Waals surface area contributed by atoms with Crippen LogP contribution in [0, 0.1) is 0 Å². The molecule has 100 valence electrons. The van der Waals surface area contributed by atoms with Gasteiger partial charge in [0, 0.05) is 12.7 Å². The van der Waals surface area contributed by atoms with Crippen molar-refractivity contribution in [1.82, 2.24) is 0 Å². The highest BCUT2D eigenvalue weighted by molar-refractivity contribution is 7.90. The second-order valence-corrected chi connectivity index (χ2v) is 6.28. The molecule has 0 aliphatic carbocycles. The maximum Gasteiger partial charge on any atom is 0.224 e. The van der Waals surface area contributed by atoms with Crippen LogP contribution < -0.4 is 11.1 Å². The number of benzene rings is 1. The van der Waals surface area contributed by atoms with Crippen LogP contribution in [0.4, 0.5) is 5.69 Å². The van der Waals surface area contributed by atoms with Crippen molar-refractivity contribution in [2.75, 3.05) is 18.1 Å². The predicted molar refractivity (Wildman–Crippen MR) is 71.5 cm³/mol. The molecule has 0 fully saturated rings. The maximum absolute atomic E-state index is 11.5. The summed E-state index contributed by atoms with van der Waals surface area (Å²) >= 11 is 5.89. The Balaban J connectivity index is 2.92. The lowest BCUT2D eigenvalue weighted by molar-refractivity contribution is -0.116. The summed E-state index contributed by atoms with van der Waals surface area (Å²) in [6.07, 6.45) is 1.93. The molecule has 3 N–H and O–H groups in total. The molecule has 0 unspecified atom stereocenters. The quantitative estimate of drug-likeness (QED) is 0.858. The topological polar surface area (TPSA) is 89.3 Å². The van der Waals surface area contributed by atoms with Crippen LogP contribution in [0.1, 0.15) is 12.8 Å². The van der Waals surface area contributed by atoms with Crippen LogP contribution in [0.25, 0.3) is 0 Å². The molecular formula is C11H15ClN2O3S. The Morgan fingerprint density at radius 2 is 2.11 bits per heavy atom. The fourth-order valence-corrected chi connectivity index (χ4v) is 2.12. The summed E-state index contributed by atoms with van der Waals surface area (Å²) in [7, 11) is -3.32. The molecule has 18 heavy (non-hydrogen) atoms. The molecule has 0 bridgehead atoms. The normalized spacial score (nSPS) is 11.3. The van der Waals surface area contributed by atoms with Crippen molar-refractivity contribution in [2.45, 2.75) is 17.7 Å². The van der Waals surface area contributed by atoms with Crippen LogP contribution in [0.3, 0.4) is 0 Å². The first-order valence-corrected chi connectivity index (χ1v) is 7.61. The highest BCUT2D eigenvalue weighted by Crippen LogP contribution is 2.25. The van der Waals surface area contributed by atoms with Crippen molar-refractivity contribution < 1.29 is 13.2 Å². The van der Waals surface area contributed by atoms with Crippen LogP contribution in [0.15, 0.2) is 23.1 Å². The van der Waals surface area contributed by atoms with Gasteiger partial charge in [0.25, 0.3) is 0 Å². The van der Waals surface area contributed by atoms with E-state index in [1.165, 1.54) is 18.2 Å². The molecule has 1 aromatic rings. The lowest BCUT2D eigenvalue weighted by atomic mass is 10.2. The zero-order chi connectivity index (χ0) is 13.8. The molecule has 0 aliphatic heterocycles. The van der Waals surface area contributed by atoms with Crippen LogP contribution >= 0.6 is 11.6 Å². The van der Waals surface area contributed by atoms with Crippen molar-refractivity contribution in [1.29, 1.82) is 0 Å². The van der Waals surface area contributed by atoms with Gasteiger partial charge >= 0.3 is 0 Å². The van der Waals surface area contributed by atoms with Gasteiger partial charge in [-0.1, -0.05) is 11.6 Å². The van der Waals surface area contributed by atoms with Crippen molar-refractivity contribution >= 4 is 33.0 Å². The molecular weight excluding hydrogens is 276 g/mol. The van der Waals surface area contributed by atoms with E-state index in [1.807, 2.05) is 0 Å². The number of nitrogens with two attached hydrogens (primary N) is 1. The van der Waals surface area contributed by atoms with E-state index in [2.05, 4.69) is 5.32 Å². The first-order valence-electron chi connectivity index (χ1n) is 5.34. The van der Waals surface area contributed by atoms with Gasteiger partial charge in [-0.05, 0) is 31.2 Å². The molecule has 0 radical (unpaired) electrons. The summed E-state index contributed by atoms with van der Waals surface area (Å²) in [6, 6.07) is 4.18. The molecule has 0 aliphatic rings. The number of sulfone groups is 1. The highest BCUT2D eigenvalue weighted by Gasteiger charge is 2.11. The average molecular weight is 291 g/mol. The van der Waals surface area contributed by atoms with E-state index in [0.29, 0.717) is 23.7 Å². The third-order valence-electron chi connectivity index (χ3n) is 2.25. The van der Waals surface area contributed by atoms with Gasteiger partial charge in [0.15, 0.2) is 9.84 Å². The summed E-state index contributed by atoms with van der Waals surface area (Å²) < 4.78 is 22.8. The number of halogens is 1. The van der Waals surface area contributed by atoms with E-state index < -0.39 is 9.84 Å². The Morgan fingerprint density at radius 1 is 1.44 bits per heavy atom. The van der Waals surface area contributed by atoms with Gasteiger partial charge in [-0.3, -0.25) is 4.79 Å². The van der Waals surface area contributed by atoms with E-state index in [1.54, 1.807) is 0 Å². The first kappa shape index (κ1) is 14.9. The molecule has 5 nitrogen and oxygen atoms in total. The summed E-state index contributed by atoms with van der Waals surface area (Å²) in [5, 5.41) is 2.86. The smallest absolute Gasteiger partial charge is 0.224 e. The molecule has 1 amide bonds. The van der Waals surface area contributed by atoms with Crippen molar-refractivity contribution in [3.63, 3.8) is 0 Å². The lowest BCUT2D eigenvalue weighted by Gasteiger charge is -2.08. The molecule has 0 saturated heterocycles. The van der Waals surface area contributed by atoms with Gasteiger partial charge in [0.1, 0.15) is 0 Å². The third kappa shape index (κ3) is 4.29. The van der Waals surface area contributed by atoms with Crippen molar-refractivity contribution in [3.8, 4) is 0 Å². The number of nitrogens with one attached hydrogen (secondary N) is 1. The van der Waals surface area contributed by atoms with Crippen LogP contribution in [0.5, 0.6) is 0 Å². The molecule has 0 heterocycles. The molecule has 1 aromatic carbocycles. The number of anilines is 1. The highest BCUT2D eigenvalue weighted by atomic mass is 35.5. The zero-order valence-corrected chi connectivity index (χ0v) is 11.5. The van der Waals surface area contributed by atoms with Gasteiger partial charge in [-0.15, -0.1) is 0 Å². The number of hydrogen-bond acceptors (Lipinski definition) is 4. The maximum atomic E-state index is 11.5. The Hall–Kier alpha value is -1.11. The van der Waals surface area contributed by atoms with Crippen molar-refractivity contribution in [2.24, 2.45) is 5.73 Å². The second-order valence-electron chi connectivity index (χ2n) is 3.85. The Labute approximate surface area is 111 Å². The minimum absolute atomic E-state index is 0.112. The van der Waals surface area contributed by atoms with E-state index in [0.717, 1.165) is 6.26 Å². The lowest BCUT2D eigenvalue weighted by Crippen LogP contribution is -2.14. The van der Waals surface area contributed by atoms with Crippen LogP contribution in [-0.2, 0) is 14.6 Å². The number of hydrogen-bond donors (Lipinski definition) is 2. The number of carbonyl (C=O) groups is 1. The SMILES string of the molecule is CS(=O)(=O)c1ccc(Cl)c(NC(=O)CCCN)c1. The Bertz CT molecular complexity index is 543. The van der Waals surface area contributed by atoms with E-state index in [9.17, 15) is 13.2 Å². The van der Waals surface area contributed by atoms with E-state index >= 15 is 0 Å². The largest absolute Gasteiger partial charge is 0.330 e. The molecule has 0 aromatic heterocycles. The monoisotopic (exact) mass is 290 g/mol. The summed E-state index contributed by atoms with van der Waals surface area (Å²) in [5.74, 6) is -0.243. The molecule has 7 heteroatoms. The average Bonchev–Trinajstić information content (AvgIpc) is 2.28. The van der Waals surface area contributed by atoms with E-state index in [4.69, 9.17) is 17.3 Å². The Morgan fingerprint density at radius 3 is 2.67 bits per heavy atom. The standard InChI is InChI=1S/C11H15ClN2O3S/c1-18(16,17)8-4-5-9(12)10(7-8)14-11(15)3-2-6-13/h4-5,7H,2-3,6,13H2,1H3,(H,14,15). The van der Waals surface area contributed by atoms with Gasteiger partial charge in [0.05, 0.1) is 15.6 Å². The van der Waals surface area contributed by atoms with Crippen molar-refractivity contribution in [3.05, 3.63) is 23.2 Å². The predicted octanol–water partition coefficient (Wildman–Crippen LogP) is 1.42. The van der Waals surface area contributed by atoms with Gasteiger partial charge < -0.3 is 11.1 Å². The third-order valence-corrected chi connectivity index (χ3v) is 3.69. The van der Waals surface area contributed by atoms with Gasteiger partial charge in [-0.2, -0.15) is 0 Å². The summed E-state index contributed by atoms with van der Waals surface area (Å²) in [5.41, 5.74) is 5.59. The second kappa shape index (κ2) is 6.17. The summed E-state index contributed by atoms with van der Waals surface area (Å²) in [4.78, 5) is 11.6. The number of amides is 1. The van der Waals surface area contributed by atoms with Crippen LogP contribution in [-0.4, -0.2) is 27.1 Å². The summed E-state index contributed by atoms with van der Waals surface area (Å²) in [6.45, 7) is 0.421. The molecule has 0 atom stereocenters. The zero-order valence-electron chi connectivity index (χ0n) is 9.94. The fraction of sp³-hybridized carbons (Fsp3) is 0.364. The van der Waals surface area contributed by atoms with Crippen LogP contribution in [0.2, 0.25) is 5.02 Å². The van der Waals surface area contributed by atoms with E-state index in [-0.39, 0.29) is 17.2 Å². The van der Waals surface area contributed by atoms with Gasteiger partial charge in [0.2, 0.25) is 5.91 Å². The first-order chi connectivity index (χ1) is 8.34.